The van der Waals surface area contributed by atoms with Gasteiger partial charge in [0.1, 0.15) is 0 Å². The zero-order valence-electron chi connectivity index (χ0n) is 12.1. The largest absolute Gasteiger partial charge is 0.481 e. The average Bonchev–Trinajstić information content (AvgIpc) is 3.32. The second kappa shape index (κ2) is 5.25. The molecule has 4 aliphatic carbocycles. The van der Waals surface area contributed by atoms with Crippen LogP contribution in [-0.4, -0.2) is 17.0 Å². The third kappa shape index (κ3) is 2.36. The van der Waals surface area contributed by atoms with Crippen molar-refractivity contribution in [2.45, 2.75) is 6.42 Å². The van der Waals surface area contributed by atoms with Gasteiger partial charge >= 0.3 is 5.97 Å². The number of carbonyl (C=O) groups excluding carboxylic acids is 1. The molecule has 0 aliphatic heterocycles. The van der Waals surface area contributed by atoms with Crippen LogP contribution in [0.5, 0.6) is 0 Å². The quantitative estimate of drug-likeness (QED) is 0.816. The first-order valence-corrected chi connectivity index (χ1v) is 8.40. The fourth-order valence-electron chi connectivity index (χ4n) is 4.38. The van der Waals surface area contributed by atoms with Crippen molar-refractivity contribution in [1.29, 1.82) is 0 Å². The summed E-state index contributed by atoms with van der Waals surface area (Å²) in [7, 11) is 0. The first kappa shape index (κ1) is 15.0. The van der Waals surface area contributed by atoms with Gasteiger partial charge in [-0.3, -0.25) is 9.59 Å². The molecule has 0 radical (unpaired) electrons. The monoisotopic (exact) mass is 351 g/mol. The number of hydrogen-bond donors (Lipinski definition) is 2. The number of benzene rings is 1. The van der Waals surface area contributed by atoms with Crippen molar-refractivity contribution >= 4 is 40.8 Å². The van der Waals surface area contributed by atoms with Crippen molar-refractivity contribution in [2.75, 3.05) is 5.32 Å². The molecule has 1 amide bonds. The second-order valence-electron chi connectivity index (χ2n) is 6.61. The van der Waals surface area contributed by atoms with Gasteiger partial charge in [0.15, 0.2) is 0 Å². The lowest BCUT2D eigenvalue weighted by molar-refractivity contribution is -0.152. The first-order valence-electron chi connectivity index (χ1n) is 7.64. The van der Waals surface area contributed by atoms with E-state index in [0.717, 1.165) is 6.42 Å². The number of allylic oxidation sites excluding steroid dienone is 2. The Hall–Kier alpha value is -1.52. The summed E-state index contributed by atoms with van der Waals surface area (Å²) in [6, 6.07) is 4.83. The number of aliphatic carboxylic acids is 1. The summed E-state index contributed by atoms with van der Waals surface area (Å²) in [5, 5.41) is 13.2. The van der Waals surface area contributed by atoms with Crippen LogP contribution < -0.4 is 5.32 Å². The molecule has 0 saturated heterocycles. The van der Waals surface area contributed by atoms with Crippen LogP contribution in [-0.2, 0) is 9.59 Å². The summed E-state index contributed by atoms with van der Waals surface area (Å²) in [6.45, 7) is 0. The Bertz CT molecular complexity index is 733. The number of carboxylic acid groups (broad SMARTS) is 1. The van der Waals surface area contributed by atoms with Crippen molar-refractivity contribution in [3.8, 4) is 0 Å². The number of fused-ring (bicyclic) bond motifs is 1. The lowest BCUT2D eigenvalue weighted by Gasteiger charge is -2.41. The molecule has 0 heterocycles. The van der Waals surface area contributed by atoms with E-state index in [-0.39, 0.29) is 17.7 Å². The molecule has 2 bridgehead atoms. The van der Waals surface area contributed by atoms with E-state index in [9.17, 15) is 14.7 Å². The Kier molecular flexibility index (Phi) is 3.43. The summed E-state index contributed by atoms with van der Waals surface area (Å²) < 4.78 is 0. The van der Waals surface area contributed by atoms with E-state index in [1.165, 1.54) is 0 Å². The van der Waals surface area contributed by atoms with Gasteiger partial charge in [0.05, 0.1) is 22.5 Å². The number of anilines is 1. The molecule has 2 fully saturated rings. The van der Waals surface area contributed by atoms with Crippen LogP contribution in [0.2, 0.25) is 10.0 Å². The Morgan fingerprint density at radius 1 is 1.09 bits per heavy atom. The molecular weight excluding hydrogens is 337 g/mol. The van der Waals surface area contributed by atoms with E-state index in [2.05, 4.69) is 5.32 Å². The van der Waals surface area contributed by atoms with Gasteiger partial charge in [-0.2, -0.15) is 0 Å². The predicted octanol–water partition coefficient (Wildman–Crippen LogP) is 3.70. The normalized spacial score (nSPS) is 36.4. The molecule has 1 aromatic rings. The van der Waals surface area contributed by atoms with Crippen LogP contribution in [0.4, 0.5) is 5.69 Å². The van der Waals surface area contributed by atoms with Crippen molar-refractivity contribution in [3.63, 3.8) is 0 Å². The van der Waals surface area contributed by atoms with Gasteiger partial charge < -0.3 is 10.4 Å². The molecule has 0 aromatic heterocycles. The number of carboxylic acids is 1. The van der Waals surface area contributed by atoms with Crippen LogP contribution >= 0.6 is 23.2 Å². The van der Waals surface area contributed by atoms with Crippen LogP contribution in [0.1, 0.15) is 6.42 Å². The van der Waals surface area contributed by atoms with E-state index in [1.807, 2.05) is 12.2 Å². The maximum absolute atomic E-state index is 12.8. The molecule has 23 heavy (non-hydrogen) atoms. The minimum absolute atomic E-state index is 0.00376. The number of amides is 1. The van der Waals surface area contributed by atoms with Gasteiger partial charge in [-0.1, -0.05) is 35.4 Å². The van der Waals surface area contributed by atoms with Crippen molar-refractivity contribution in [2.24, 2.45) is 35.5 Å². The highest BCUT2D eigenvalue weighted by Crippen LogP contribution is 2.63. The van der Waals surface area contributed by atoms with Crippen LogP contribution in [0, 0.1) is 35.5 Å². The number of halogens is 2. The average molecular weight is 352 g/mol. The molecule has 4 aliphatic rings. The van der Waals surface area contributed by atoms with Gasteiger partial charge in [0, 0.05) is 5.02 Å². The van der Waals surface area contributed by atoms with E-state index in [0.29, 0.717) is 27.6 Å². The van der Waals surface area contributed by atoms with Gasteiger partial charge in [0.25, 0.3) is 0 Å². The van der Waals surface area contributed by atoms with Crippen LogP contribution in [0.3, 0.4) is 0 Å². The van der Waals surface area contributed by atoms with Gasteiger partial charge in [-0.15, -0.1) is 0 Å². The lowest BCUT2D eigenvalue weighted by atomic mass is 9.62. The summed E-state index contributed by atoms with van der Waals surface area (Å²) in [5.41, 5.74) is 0.422. The molecule has 6 heteroatoms. The summed E-state index contributed by atoms with van der Waals surface area (Å²) in [6.07, 6.45) is 5.05. The van der Waals surface area contributed by atoms with E-state index in [4.69, 9.17) is 23.2 Å². The molecule has 6 atom stereocenters. The van der Waals surface area contributed by atoms with Gasteiger partial charge in [-0.25, -0.2) is 0 Å². The highest BCUT2D eigenvalue weighted by Gasteiger charge is 2.62. The highest BCUT2D eigenvalue weighted by atomic mass is 35.5. The minimum Gasteiger partial charge on any atom is -0.481 e. The summed E-state index contributed by atoms with van der Waals surface area (Å²) >= 11 is 12.0. The predicted molar refractivity (Wildman–Crippen MR) is 87.4 cm³/mol. The molecule has 5 rings (SSSR count). The maximum atomic E-state index is 12.8. The Balaban J connectivity index is 1.63. The van der Waals surface area contributed by atoms with Crippen molar-refractivity contribution in [3.05, 3.63) is 40.4 Å². The number of nitrogens with one attached hydrogen (secondary N) is 1. The third-order valence-electron chi connectivity index (χ3n) is 5.43. The standard InChI is InChI=1S/C17H15Cl2NO3/c18-7-1-4-12(19)13(5-7)20-16(21)14-8-2-3-9(11-6-10(8)11)15(14)17(22)23/h1-5,8-11,14-15H,6H2,(H,20,21)(H,22,23)/t8-,9-,10-,11+,14-,15+/m0/s1. The number of rotatable bonds is 3. The van der Waals surface area contributed by atoms with Crippen molar-refractivity contribution < 1.29 is 14.7 Å². The Morgan fingerprint density at radius 2 is 1.74 bits per heavy atom. The molecule has 4 nitrogen and oxygen atoms in total. The number of carbonyl (C=O) groups is 2. The van der Waals surface area contributed by atoms with E-state index in [1.54, 1.807) is 18.2 Å². The highest BCUT2D eigenvalue weighted by molar-refractivity contribution is 6.35. The lowest BCUT2D eigenvalue weighted by Crippen LogP contribution is -2.48. The summed E-state index contributed by atoms with van der Waals surface area (Å²) in [4.78, 5) is 24.5. The Morgan fingerprint density at radius 3 is 2.39 bits per heavy atom. The van der Waals surface area contributed by atoms with Gasteiger partial charge in [-0.05, 0) is 48.3 Å². The second-order valence-corrected chi connectivity index (χ2v) is 7.45. The first-order chi connectivity index (χ1) is 11.0. The molecule has 120 valence electrons. The molecule has 1 aromatic carbocycles. The molecule has 0 spiro atoms. The summed E-state index contributed by atoms with van der Waals surface area (Å²) in [5.74, 6) is -1.54. The van der Waals surface area contributed by atoms with E-state index >= 15 is 0 Å². The van der Waals surface area contributed by atoms with Crippen LogP contribution in [0.15, 0.2) is 30.4 Å². The third-order valence-corrected chi connectivity index (χ3v) is 5.99. The zero-order valence-corrected chi connectivity index (χ0v) is 13.6. The molecule has 0 unspecified atom stereocenters. The Labute approximate surface area is 143 Å². The molecular formula is C17H15Cl2NO3. The fourth-order valence-corrected chi connectivity index (χ4v) is 4.72. The molecule has 2 saturated carbocycles. The topological polar surface area (TPSA) is 66.4 Å². The maximum Gasteiger partial charge on any atom is 0.307 e. The SMILES string of the molecule is O=C(O)[C@@H]1[C@H]2C=C[C@@H]([C@@H]3C[C@H]23)[C@@H]1C(=O)Nc1cc(Cl)ccc1Cl. The smallest absolute Gasteiger partial charge is 0.307 e. The zero-order chi connectivity index (χ0) is 16.3. The van der Waals surface area contributed by atoms with E-state index < -0.39 is 17.8 Å². The molecule has 2 N–H and O–H groups in total. The minimum atomic E-state index is -0.896. The van der Waals surface area contributed by atoms with Crippen LogP contribution in [0.25, 0.3) is 0 Å². The van der Waals surface area contributed by atoms with Gasteiger partial charge in [0.2, 0.25) is 5.91 Å². The number of hydrogen-bond acceptors (Lipinski definition) is 2. The van der Waals surface area contributed by atoms with Crippen molar-refractivity contribution in [1.82, 2.24) is 0 Å². The fraction of sp³-hybridized carbons (Fsp3) is 0.412.